The summed E-state index contributed by atoms with van der Waals surface area (Å²) >= 11 is 0. The molecule has 0 aromatic heterocycles. The average molecular weight is 262 g/mol. The van der Waals surface area contributed by atoms with Gasteiger partial charge in [-0.15, -0.1) is 0 Å². The number of hydrogen-bond donors (Lipinski definition) is 0. The van der Waals surface area contributed by atoms with Crippen molar-refractivity contribution in [3.05, 3.63) is 0 Å². The first-order valence-corrected chi connectivity index (χ1v) is 6.86. The van der Waals surface area contributed by atoms with E-state index in [-0.39, 0.29) is 0 Å². The van der Waals surface area contributed by atoms with Gasteiger partial charge in [-0.3, -0.25) is 0 Å². The predicted molar refractivity (Wildman–Crippen MR) is 67.9 cm³/mol. The molecule has 5 nitrogen and oxygen atoms in total. The molecule has 1 rings (SSSR count). The molecular weight excluding hydrogens is 236 g/mol. The molecule has 1 atom stereocenters. The molecule has 1 unspecified atom stereocenters. The van der Waals surface area contributed by atoms with E-state index in [1.807, 2.05) is 0 Å². The Bertz CT molecular complexity index is 173. The molecule has 1 saturated heterocycles. The zero-order valence-electron chi connectivity index (χ0n) is 11.4. The molecule has 0 spiro atoms. The minimum atomic E-state index is 0.453. The van der Waals surface area contributed by atoms with Gasteiger partial charge >= 0.3 is 0 Å². The number of hydrogen-bond acceptors (Lipinski definition) is 5. The molecule has 0 aromatic carbocycles. The van der Waals surface area contributed by atoms with E-state index < -0.39 is 0 Å². The summed E-state index contributed by atoms with van der Waals surface area (Å²) in [6.45, 7) is 8.37. The molecule has 0 N–H and O–H groups in total. The van der Waals surface area contributed by atoms with Crippen LogP contribution in [0.15, 0.2) is 0 Å². The Labute approximate surface area is 110 Å². The SMILES string of the molecule is CCCOCCOCCOCCOCCC1CO1. The fourth-order valence-corrected chi connectivity index (χ4v) is 1.36. The molecule has 0 amide bonds. The van der Waals surface area contributed by atoms with Crippen LogP contribution in [-0.2, 0) is 23.7 Å². The van der Waals surface area contributed by atoms with Crippen molar-refractivity contribution < 1.29 is 23.7 Å². The van der Waals surface area contributed by atoms with Crippen molar-refractivity contribution in [3.8, 4) is 0 Å². The fraction of sp³-hybridized carbons (Fsp3) is 1.00. The Morgan fingerprint density at radius 2 is 1.22 bits per heavy atom. The molecule has 1 aliphatic heterocycles. The Kier molecular flexibility index (Phi) is 10.5. The summed E-state index contributed by atoms with van der Waals surface area (Å²) in [5, 5.41) is 0. The summed E-state index contributed by atoms with van der Waals surface area (Å²) in [5.74, 6) is 0. The van der Waals surface area contributed by atoms with Gasteiger partial charge in [0.1, 0.15) is 0 Å². The van der Waals surface area contributed by atoms with Gasteiger partial charge in [0.15, 0.2) is 0 Å². The van der Waals surface area contributed by atoms with E-state index in [2.05, 4.69) is 6.92 Å². The first kappa shape index (κ1) is 15.9. The molecule has 18 heavy (non-hydrogen) atoms. The summed E-state index contributed by atoms with van der Waals surface area (Å²) in [5.41, 5.74) is 0. The molecule has 0 aromatic rings. The Hall–Kier alpha value is -0.200. The highest BCUT2D eigenvalue weighted by molar-refractivity contribution is 4.67. The van der Waals surface area contributed by atoms with Crippen LogP contribution in [-0.4, -0.2) is 65.6 Å². The minimum Gasteiger partial charge on any atom is -0.379 e. The van der Waals surface area contributed by atoms with Gasteiger partial charge in [0.05, 0.1) is 52.4 Å². The van der Waals surface area contributed by atoms with Gasteiger partial charge in [-0.1, -0.05) is 6.92 Å². The van der Waals surface area contributed by atoms with Crippen LogP contribution in [0.4, 0.5) is 0 Å². The molecule has 5 heteroatoms. The van der Waals surface area contributed by atoms with E-state index in [0.717, 1.165) is 32.7 Å². The molecule has 0 saturated carbocycles. The van der Waals surface area contributed by atoms with Gasteiger partial charge in [0.25, 0.3) is 0 Å². The molecule has 1 heterocycles. The highest BCUT2D eigenvalue weighted by Crippen LogP contribution is 2.12. The van der Waals surface area contributed by atoms with E-state index in [9.17, 15) is 0 Å². The summed E-state index contributed by atoms with van der Waals surface area (Å²) < 4.78 is 26.5. The number of epoxide rings is 1. The second-order valence-electron chi connectivity index (χ2n) is 4.19. The first-order valence-electron chi connectivity index (χ1n) is 6.86. The minimum absolute atomic E-state index is 0.453. The van der Waals surface area contributed by atoms with Crippen molar-refractivity contribution in [2.75, 3.05) is 59.5 Å². The lowest BCUT2D eigenvalue weighted by Gasteiger charge is -2.06. The van der Waals surface area contributed by atoms with Gasteiger partial charge in [-0.05, 0) is 12.8 Å². The quantitative estimate of drug-likeness (QED) is 0.348. The van der Waals surface area contributed by atoms with Crippen molar-refractivity contribution in [1.29, 1.82) is 0 Å². The smallest absolute Gasteiger partial charge is 0.0831 e. The van der Waals surface area contributed by atoms with Crippen LogP contribution < -0.4 is 0 Å². The first-order chi connectivity index (χ1) is 8.93. The van der Waals surface area contributed by atoms with Gasteiger partial charge in [0.2, 0.25) is 0 Å². The van der Waals surface area contributed by atoms with Crippen molar-refractivity contribution in [1.82, 2.24) is 0 Å². The normalized spacial score (nSPS) is 18.2. The third-order valence-electron chi connectivity index (χ3n) is 2.45. The molecule has 0 radical (unpaired) electrons. The van der Waals surface area contributed by atoms with Crippen LogP contribution in [0.25, 0.3) is 0 Å². The third kappa shape index (κ3) is 10.9. The number of rotatable bonds is 14. The van der Waals surface area contributed by atoms with E-state index in [1.165, 1.54) is 0 Å². The van der Waals surface area contributed by atoms with Crippen LogP contribution in [0, 0.1) is 0 Å². The lowest BCUT2D eigenvalue weighted by Crippen LogP contribution is -2.12. The van der Waals surface area contributed by atoms with Gasteiger partial charge in [-0.2, -0.15) is 0 Å². The third-order valence-corrected chi connectivity index (χ3v) is 2.45. The fourth-order valence-electron chi connectivity index (χ4n) is 1.36. The molecule has 108 valence electrons. The largest absolute Gasteiger partial charge is 0.379 e. The molecular formula is C13H26O5. The van der Waals surface area contributed by atoms with Gasteiger partial charge < -0.3 is 23.7 Å². The van der Waals surface area contributed by atoms with Crippen LogP contribution in [0.1, 0.15) is 19.8 Å². The number of ether oxygens (including phenoxy) is 5. The topological polar surface area (TPSA) is 49.5 Å². The van der Waals surface area contributed by atoms with Crippen molar-refractivity contribution in [2.45, 2.75) is 25.9 Å². The van der Waals surface area contributed by atoms with E-state index in [1.54, 1.807) is 0 Å². The molecule has 0 aliphatic carbocycles. The van der Waals surface area contributed by atoms with Crippen molar-refractivity contribution in [3.63, 3.8) is 0 Å². The van der Waals surface area contributed by atoms with Crippen molar-refractivity contribution >= 4 is 0 Å². The summed E-state index contributed by atoms with van der Waals surface area (Å²) in [4.78, 5) is 0. The zero-order valence-corrected chi connectivity index (χ0v) is 11.4. The maximum atomic E-state index is 5.39. The summed E-state index contributed by atoms with van der Waals surface area (Å²) in [6.07, 6.45) is 2.51. The van der Waals surface area contributed by atoms with Crippen LogP contribution in [0.3, 0.4) is 0 Å². The maximum absolute atomic E-state index is 5.39. The monoisotopic (exact) mass is 262 g/mol. The lowest BCUT2D eigenvalue weighted by atomic mass is 10.3. The second-order valence-corrected chi connectivity index (χ2v) is 4.19. The summed E-state index contributed by atoms with van der Waals surface area (Å²) in [7, 11) is 0. The second kappa shape index (κ2) is 11.9. The van der Waals surface area contributed by atoms with Crippen LogP contribution in [0.2, 0.25) is 0 Å². The van der Waals surface area contributed by atoms with Crippen molar-refractivity contribution in [2.24, 2.45) is 0 Å². The Morgan fingerprint density at radius 1 is 0.778 bits per heavy atom. The highest BCUT2D eigenvalue weighted by Gasteiger charge is 2.21. The summed E-state index contributed by atoms with van der Waals surface area (Å²) in [6, 6.07) is 0. The van der Waals surface area contributed by atoms with E-state index >= 15 is 0 Å². The predicted octanol–water partition coefficient (Wildman–Crippen LogP) is 1.25. The average Bonchev–Trinajstić information content (AvgIpc) is 3.19. The Balaban J connectivity index is 1.60. The van der Waals surface area contributed by atoms with Gasteiger partial charge in [0, 0.05) is 13.2 Å². The lowest BCUT2D eigenvalue weighted by molar-refractivity contribution is -0.00233. The zero-order chi connectivity index (χ0) is 12.9. The molecule has 1 fully saturated rings. The maximum Gasteiger partial charge on any atom is 0.0831 e. The van der Waals surface area contributed by atoms with E-state index in [4.69, 9.17) is 23.7 Å². The van der Waals surface area contributed by atoms with Crippen LogP contribution >= 0.6 is 0 Å². The molecule has 1 aliphatic rings. The van der Waals surface area contributed by atoms with E-state index in [0.29, 0.717) is 45.7 Å². The highest BCUT2D eigenvalue weighted by atomic mass is 16.6. The Morgan fingerprint density at radius 3 is 1.67 bits per heavy atom. The van der Waals surface area contributed by atoms with Crippen LogP contribution in [0.5, 0.6) is 0 Å². The standard InChI is InChI=1S/C13H26O5/c1-2-4-14-6-8-16-10-11-17-9-7-15-5-3-13-12-18-13/h13H,2-12H2,1H3. The van der Waals surface area contributed by atoms with Gasteiger partial charge in [-0.25, -0.2) is 0 Å². The molecule has 0 bridgehead atoms.